The molecule has 8 heteroatoms. The van der Waals surface area contributed by atoms with Gasteiger partial charge in [-0.3, -0.25) is 4.79 Å². The summed E-state index contributed by atoms with van der Waals surface area (Å²) >= 11 is 0. The van der Waals surface area contributed by atoms with Crippen molar-refractivity contribution in [3.63, 3.8) is 0 Å². The van der Waals surface area contributed by atoms with Gasteiger partial charge in [-0.15, -0.1) is 0 Å². The second-order valence-corrected chi connectivity index (χ2v) is 15.8. The first-order valence-corrected chi connectivity index (χ1v) is 16.4. The van der Waals surface area contributed by atoms with Gasteiger partial charge in [0.25, 0.3) is 0 Å². The minimum absolute atomic E-state index is 0.159. The van der Waals surface area contributed by atoms with Gasteiger partial charge in [0.15, 0.2) is 0 Å². The van der Waals surface area contributed by atoms with Crippen molar-refractivity contribution in [2.45, 2.75) is 99.2 Å². The van der Waals surface area contributed by atoms with Crippen molar-refractivity contribution in [3.8, 4) is 0 Å². The lowest BCUT2D eigenvalue weighted by Gasteiger charge is -2.71. The average molecular weight is 589 g/mol. The summed E-state index contributed by atoms with van der Waals surface area (Å²) in [6, 6.07) is 0. The molecule has 1 amide bonds. The zero-order valence-corrected chi connectivity index (χ0v) is 27.3. The van der Waals surface area contributed by atoms with Crippen LogP contribution in [0.2, 0.25) is 0 Å². The van der Waals surface area contributed by atoms with Crippen LogP contribution in [0, 0.1) is 56.7 Å². The molecule has 238 valence electrons. The van der Waals surface area contributed by atoms with Crippen LogP contribution in [0.1, 0.15) is 87.0 Å². The van der Waals surface area contributed by atoms with E-state index in [4.69, 9.17) is 19.9 Å². The van der Waals surface area contributed by atoms with E-state index in [1.165, 1.54) is 5.57 Å². The van der Waals surface area contributed by atoms with Crippen molar-refractivity contribution in [2.75, 3.05) is 33.4 Å². The average Bonchev–Trinajstić information content (AvgIpc) is 2.92. The Hall–Kier alpha value is -1.64. The normalized spacial score (nSPS) is 46.9. The summed E-state index contributed by atoms with van der Waals surface area (Å²) in [6.45, 7) is 17.9. The number of nitrogens with two attached hydrogens (primary N) is 1. The number of aliphatic carboxylic acids is 1. The molecule has 0 spiro atoms. The second-order valence-electron chi connectivity index (χ2n) is 15.8. The Kier molecular flexibility index (Phi) is 8.14. The van der Waals surface area contributed by atoms with Crippen LogP contribution in [0.4, 0.5) is 4.79 Å². The van der Waals surface area contributed by atoms with E-state index in [-0.39, 0.29) is 39.1 Å². The number of alkyl carbamates (subject to hydrolysis) is 1. The van der Waals surface area contributed by atoms with Crippen LogP contribution in [-0.4, -0.2) is 62.8 Å². The third kappa shape index (κ3) is 4.24. The minimum Gasteiger partial charge on any atom is -0.481 e. The summed E-state index contributed by atoms with van der Waals surface area (Å²) in [7, 11) is 1.59. The van der Waals surface area contributed by atoms with Crippen LogP contribution in [0.5, 0.6) is 0 Å². The maximum atomic E-state index is 13.3. The Labute approximate surface area is 252 Å². The largest absolute Gasteiger partial charge is 0.481 e. The molecule has 4 fully saturated rings. The summed E-state index contributed by atoms with van der Waals surface area (Å²) in [5, 5.41) is 13.5. The van der Waals surface area contributed by atoms with Gasteiger partial charge in [0, 0.05) is 24.4 Å². The van der Waals surface area contributed by atoms with E-state index in [2.05, 4.69) is 59.9 Å². The Balaban J connectivity index is 1.60. The second kappa shape index (κ2) is 10.8. The molecule has 8 nitrogen and oxygen atoms in total. The number of carbonyl (C=O) groups excluding carboxylic acids is 1. The summed E-state index contributed by atoms with van der Waals surface area (Å²) in [5.74, 6) is 0.241. The first kappa shape index (κ1) is 31.8. The predicted molar refractivity (Wildman–Crippen MR) is 162 cm³/mol. The number of nitrogens with one attached hydrogen (secondary N) is 1. The molecular formula is C34H56N2O6. The highest BCUT2D eigenvalue weighted by Crippen LogP contribution is 2.75. The van der Waals surface area contributed by atoms with Gasteiger partial charge in [0.05, 0.1) is 25.7 Å². The number of hydrogen-bond donors (Lipinski definition) is 3. The molecule has 1 unspecified atom stereocenters. The number of carboxylic acids is 1. The van der Waals surface area contributed by atoms with Crippen LogP contribution in [0.3, 0.4) is 0 Å². The van der Waals surface area contributed by atoms with Gasteiger partial charge in [-0.25, -0.2) is 4.79 Å². The third-order valence-electron chi connectivity index (χ3n) is 13.9. The fraction of sp³-hybridized carbons (Fsp3) is 0.882. The number of rotatable bonds is 7. The maximum Gasteiger partial charge on any atom is 0.407 e. The van der Waals surface area contributed by atoms with Crippen LogP contribution >= 0.6 is 0 Å². The number of amides is 1. The van der Waals surface area contributed by atoms with E-state index in [0.29, 0.717) is 50.5 Å². The van der Waals surface area contributed by atoms with Crippen molar-refractivity contribution in [3.05, 3.63) is 11.6 Å². The van der Waals surface area contributed by atoms with Gasteiger partial charge in [0.1, 0.15) is 12.2 Å². The predicted octanol–water partition coefficient (Wildman–Crippen LogP) is 5.64. The van der Waals surface area contributed by atoms with Crippen LogP contribution in [0.15, 0.2) is 11.6 Å². The lowest BCUT2D eigenvalue weighted by Crippen LogP contribution is -2.70. The standard InChI is InChI=1S/C34H56N2O6/c1-20(2)21(3)30(4)13-14-32(6)22-9-10-25-31(5)18-40-19-34(25,23(22)11-12-33(32,7)26(30)28(37)38)17-24(42-29(39)36-8)27(31)41-16-15-35/h11,20-22,24-27H,9-10,12-19,35H2,1-8H3,(H,36,39)(H,37,38)/t21-,22+,24-,25+,26-,27-,30-,31?,32+,33+,34-/m0/s1. The van der Waals surface area contributed by atoms with Gasteiger partial charge in [-0.05, 0) is 78.4 Å². The molecule has 1 heterocycles. The van der Waals surface area contributed by atoms with Gasteiger partial charge in [-0.2, -0.15) is 0 Å². The number of hydrogen-bond acceptors (Lipinski definition) is 6. The van der Waals surface area contributed by atoms with Gasteiger partial charge >= 0.3 is 12.1 Å². The van der Waals surface area contributed by atoms with E-state index in [1.54, 1.807) is 7.05 Å². The van der Waals surface area contributed by atoms with E-state index >= 15 is 0 Å². The summed E-state index contributed by atoms with van der Waals surface area (Å²) in [4.78, 5) is 25.9. The first-order valence-electron chi connectivity index (χ1n) is 16.4. The fourth-order valence-corrected chi connectivity index (χ4v) is 11.4. The van der Waals surface area contributed by atoms with E-state index < -0.39 is 24.1 Å². The van der Waals surface area contributed by atoms with E-state index in [9.17, 15) is 14.7 Å². The molecule has 0 radical (unpaired) electrons. The lowest BCUT2D eigenvalue weighted by molar-refractivity contribution is -0.262. The molecule has 4 N–H and O–H groups in total. The summed E-state index contributed by atoms with van der Waals surface area (Å²) in [6.07, 6.45) is 6.64. The van der Waals surface area contributed by atoms with Crippen molar-refractivity contribution >= 4 is 12.1 Å². The van der Waals surface area contributed by atoms with Gasteiger partial charge in [0.2, 0.25) is 0 Å². The smallest absolute Gasteiger partial charge is 0.407 e. The third-order valence-corrected chi connectivity index (χ3v) is 13.9. The van der Waals surface area contributed by atoms with Crippen molar-refractivity contribution in [2.24, 2.45) is 62.4 Å². The number of carbonyl (C=O) groups is 2. The minimum atomic E-state index is -0.646. The Morgan fingerprint density at radius 1 is 1.12 bits per heavy atom. The molecule has 5 aliphatic rings. The fourth-order valence-electron chi connectivity index (χ4n) is 11.4. The number of fused-ring (bicyclic) bond motifs is 3. The summed E-state index contributed by atoms with van der Waals surface area (Å²) < 4.78 is 18.9. The Bertz CT molecular complexity index is 1110. The number of ether oxygens (including phenoxy) is 3. The molecule has 0 aromatic heterocycles. The molecule has 1 saturated heterocycles. The highest BCUT2D eigenvalue weighted by atomic mass is 16.6. The van der Waals surface area contributed by atoms with Crippen molar-refractivity contribution < 1.29 is 28.9 Å². The number of allylic oxidation sites excluding steroid dienone is 1. The quantitative estimate of drug-likeness (QED) is 0.329. The molecule has 0 aromatic carbocycles. The van der Waals surface area contributed by atoms with Crippen LogP contribution < -0.4 is 11.1 Å². The topological polar surface area (TPSA) is 120 Å². The molecule has 2 bridgehead atoms. The summed E-state index contributed by atoms with van der Waals surface area (Å²) in [5.41, 5.74) is 5.88. The molecule has 11 atom stereocenters. The van der Waals surface area contributed by atoms with Gasteiger partial charge in [-0.1, -0.05) is 60.1 Å². The molecule has 0 aromatic rings. The molecule has 1 aliphatic heterocycles. The first-order chi connectivity index (χ1) is 19.7. The van der Waals surface area contributed by atoms with Gasteiger partial charge < -0.3 is 30.4 Å². The zero-order valence-electron chi connectivity index (χ0n) is 27.3. The SMILES string of the molecule is CNC(=O)O[C@H]1C[C@@]23COCC(C)([C@H]2CC[C@@H]2C3=CC[C@]3(C)[C@@H](C(=O)O)[C@](C)([C@@H](C)C(C)C)CC[C@]23C)[C@H]1OCCN. The zero-order chi connectivity index (χ0) is 30.9. The Morgan fingerprint density at radius 2 is 1.83 bits per heavy atom. The molecular weight excluding hydrogens is 532 g/mol. The van der Waals surface area contributed by atoms with Crippen LogP contribution in [-0.2, 0) is 19.0 Å². The number of carboxylic acid groups (broad SMARTS) is 1. The van der Waals surface area contributed by atoms with E-state index in [1.807, 2.05) is 0 Å². The molecule has 5 rings (SSSR count). The van der Waals surface area contributed by atoms with Crippen molar-refractivity contribution in [1.29, 1.82) is 0 Å². The highest BCUT2D eigenvalue weighted by Gasteiger charge is 2.72. The highest BCUT2D eigenvalue weighted by molar-refractivity contribution is 5.73. The molecule has 4 aliphatic carbocycles. The van der Waals surface area contributed by atoms with E-state index in [0.717, 1.165) is 32.1 Å². The van der Waals surface area contributed by atoms with Crippen molar-refractivity contribution in [1.82, 2.24) is 5.32 Å². The monoisotopic (exact) mass is 588 g/mol. The molecule has 42 heavy (non-hydrogen) atoms. The molecule has 3 saturated carbocycles. The maximum absolute atomic E-state index is 13.3. The van der Waals surface area contributed by atoms with Crippen LogP contribution in [0.25, 0.3) is 0 Å². The lowest BCUT2D eigenvalue weighted by atomic mass is 9.34. The Morgan fingerprint density at radius 3 is 2.45 bits per heavy atom.